The van der Waals surface area contributed by atoms with Crippen LogP contribution >= 0.6 is 0 Å². The van der Waals surface area contributed by atoms with Gasteiger partial charge in [0.25, 0.3) is 0 Å². The maximum Gasteiger partial charge on any atom is 0.249 e. The summed E-state index contributed by atoms with van der Waals surface area (Å²) in [4.78, 5) is 27.0. The summed E-state index contributed by atoms with van der Waals surface area (Å²) < 4.78 is 0. The first kappa shape index (κ1) is 14.4. The summed E-state index contributed by atoms with van der Waals surface area (Å²) in [7, 11) is 0. The van der Waals surface area contributed by atoms with Crippen LogP contribution in [0.25, 0.3) is 0 Å². The van der Waals surface area contributed by atoms with Crippen LogP contribution in [0.5, 0.6) is 0 Å². The molecule has 4 nitrogen and oxygen atoms in total. The molecule has 1 saturated carbocycles. The first-order valence-electron chi connectivity index (χ1n) is 7.60. The lowest BCUT2D eigenvalue weighted by Gasteiger charge is -2.47. The van der Waals surface area contributed by atoms with Crippen LogP contribution in [-0.4, -0.2) is 34.3 Å². The third-order valence-corrected chi connectivity index (χ3v) is 5.07. The van der Waals surface area contributed by atoms with Crippen molar-refractivity contribution < 1.29 is 9.59 Å². The van der Waals surface area contributed by atoms with Crippen LogP contribution in [0.15, 0.2) is 0 Å². The number of rotatable bonds is 3. The minimum atomic E-state index is -0.671. The van der Waals surface area contributed by atoms with E-state index in [1.807, 2.05) is 25.7 Å². The molecule has 0 radical (unpaired) electrons. The van der Waals surface area contributed by atoms with Crippen molar-refractivity contribution >= 4 is 11.8 Å². The Labute approximate surface area is 115 Å². The van der Waals surface area contributed by atoms with Crippen molar-refractivity contribution in [2.45, 2.75) is 77.4 Å². The summed E-state index contributed by atoms with van der Waals surface area (Å²) in [5.74, 6) is 0.791. The molecule has 1 N–H and O–H groups in total. The van der Waals surface area contributed by atoms with E-state index in [0.29, 0.717) is 18.8 Å². The molecule has 0 aromatic rings. The molecule has 2 rings (SSSR count). The second-order valence-corrected chi connectivity index (χ2v) is 6.24. The first-order chi connectivity index (χ1) is 8.95. The van der Waals surface area contributed by atoms with Gasteiger partial charge >= 0.3 is 0 Å². The van der Waals surface area contributed by atoms with Crippen molar-refractivity contribution in [1.29, 1.82) is 0 Å². The fraction of sp³-hybridized carbons (Fsp3) is 0.867. The molecule has 3 unspecified atom stereocenters. The van der Waals surface area contributed by atoms with Gasteiger partial charge in [-0.1, -0.05) is 20.8 Å². The average molecular weight is 266 g/mol. The van der Waals surface area contributed by atoms with Crippen LogP contribution in [-0.2, 0) is 9.59 Å². The summed E-state index contributed by atoms with van der Waals surface area (Å²) in [5, 5.41) is 2.96. The average Bonchev–Trinajstić information content (AvgIpc) is 2.81. The first-order valence-corrected chi connectivity index (χ1v) is 7.60. The molecule has 3 atom stereocenters. The van der Waals surface area contributed by atoms with E-state index in [-0.39, 0.29) is 23.9 Å². The summed E-state index contributed by atoms with van der Waals surface area (Å²) in [6, 6.07) is -0.0740. The number of amides is 2. The number of carbonyl (C=O) groups excluding carboxylic acids is 2. The fourth-order valence-electron chi connectivity index (χ4n) is 3.58. The zero-order valence-corrected chi connectivity index (χ0v) is 12.5. The normalized spacial score (nSPS) is 34.5. The standard InChI is InChI=1S/C15H26N2O2/c1-5-15(6-2)14(19)17(11(4)13(18)16-15)12-8-7-10(3)9-12/h10-12H,5-9H2,1-4H3,(H,16,18). The van der Waals surface area contributed by atoms with Crippen LogP contribution < -0.4 is 5.32 Å². The number of hydrogen-bond donors (Lipinski definition) is 1. The quantitative estimate of drug-likeness (QED) is 0.850. The van der Waals surface area contributed by atoms with Gasteiger partial charge in [0.05, 0.1) is 0 Å². The Morgan fingerprint density at radius 2 is 1.84 bits per heavy atom. The minimum Gasteiger partial charge on any atom is -0.340 e. The molecule has 19 heavy (non-hydrogen) atoms. The van der Waals surface area contributed by atoms with Crippen molar-refractivity contribution in [2.75, 3.05) is 0 Å². The van der Waals surface area contributed by atoms with Crippen LogP contribution in [0.2, 0.25) is 0 Å². The number of nitrogens with zero attached hydrogens (tertiary/aromatic N) is 1. The largest absolute Gasteiger partial charge is 0.340 e. The fourth-order valence-corrected chi connectivity index (χ4v) is 3.58. The van der Waals surface area contributed by atoms with E-state index in [2.05, 4.69) is 12.2 Å². The van der Waals surface area contributed by atoms with Gasteiger partial charge in [-0.15, -0.1) is 0 Å². The molecule has 2 aliphatic rings. The number of hydrogen-bond acceptors (Lipinski definition) is 2. The van der Waals surface area contributed by atoms with Gasteiger partial charge in [-0.05, 0) is 44.9 Å². The third-order valence-electron chi connectivity index (χ3n) is 5.07. The Morgan fingerprint density at radius 3 is 2.32 bits per heavy atom. The number of nitrogens with one attached hydrogen (secondary N) is 1. The molecule has 1 aliphatic heterocycles. The summed E-state index contributed by atoms with van der Waals surface area (Å²) in [6.07, 6.45) is 4.56. The van der Waals surface area contributed by atoms with Gasteiger partial charge in [0.1, 0.15) is 11.6 Å². The smallest absolute Gasteiger partial charge is 0.249 e. The predicted octanol–water partition coefficient (Wildman–Crippen LogP) is 2.08. The SMILES string of the molecule is CCC1(CC)NC(=O)C(C)N(C2CCC(C)C2)C1=O. The van der Waals surface area contributed by atoms with Gasteiger partial charge in [-0.25, -0.2) is 0 Å². The lowest BCUT2D eigenvalue weighted by Crippen LogP contribution is -2.70. The number of carbonyl (C=O) groups is 2. The third kappa shape index (κ3) is 2.26. The Hall–Kier alpha value is -1.06. The molecule has 2 amide bonds. The topological polar surface area (TPSA) is 49.4 Å². The monoisotopic (exact) mass is 266 g/mol. The lowest BCUT2D eigenvalue weighted by molar-refractivity contribution is -0.157. The van der Waals surface area contributed by atoms with E-state index < -0.39 is 5.54 Å². The molecular weight excluding hydrogens is 240 g/mol. The summed E-state index contributed by atoms with van der Waals surface area (Å²) in [6.45, 7) is 8.04. The number of piperazine rings is 1. The van der Waals surface area contributed by atoms with Gasteiger partial charge in [0.15, 0.2) is 0 Å². The molecule has 1 aliphatic carbocycles. The summed E-state index contributed by atoms with van der Waals surface area (Å²) >= 11 is 0. The van der Waals surface area contributed by atoms with E-state index >= 15 is 0 Å². The van der Waals surface area contributed by atoms with Gasteiger partial charge in [0.2, 0.25) is 11.8 Å². The van der Waals surface area contributed by atoms with E-state index in [1.165, 1.54) is 0 Å². The zero-order valence-electron chi connectivity index (χ0n) is 12.5. The van der Waals surface area contributed by atoms with Crippen molar-refractivity contribution in [3.8, 4) is 0 Å². The molecule has 108 valence electrons. The predicted molar refractivity (Wildman–Crippen MR) is 74.6 cm³/mol. The Morgan fingerprint density at radius 1 is 1.21 bits per heavy atom. The zero-order chi connectivity index (χ0) is 14.2. The van der Waals surface area contributed by atoms with Crippen molar-refractivity contribution in [3.63, 3.8) is 0 Å². The van der Waals surface area contributed by atoms with E-state index in [4.69, 9.17) is 0 Å². The molecule has 2 fully saturated rings. The van der Waals surface area contributed by atoms with E-state index in [0.717, 1.165) is 19.3 Å². The second kappa shape index (κ2) is 5.14. The molecule has 0 spiro atoms. The molecule has 1 saturated heterocycles. The molecular formula is C15H26N2O2. The van der Waals surface area contributed by atoms with Gasteiger partial charge in [-0.3, -0.25) is 9.59 Å². The lowest BCUT2D eigenvalue weighted by atomic mass is 9.86. The second-order valence-electron chi connectivity index (χ2n) is 6.24. The molecule has 0 bridgehead atoms. The maximum absolute atomic E-state index is 12.9. The minimum absolute atomic E-state index is 0.00264. The highest BCUT2D eigenvalue weighted by molar-refractivity contribution is 5.99. The summed E-state index contributed by atoms with van der Waals surface area (Å²) in [5.41, 5.74) is -0.671. The van der Waals surface area contributed by atoms with Crippen molar-refractivity contribution in [3.05, 3.63) is 0 Å². The van der Waals surface area contributed by atoms with Crippen LogP contribution in [0.4, 0.5) is 0 Å². The highest BCUT2D eigenvalue weighted by Gasteiger charge is 2.50. The highest BCUT2D eigenvalue weighted by Crippen LogP contribution is 2.34. The van der Waals surface area contributed by atoms with Crippen LogP contribution in [0.3, 0.4) is 0 Å². The van der Waals surface area contributed by atoms with Crippen LogP contribution in [0.1, 0.15) is 59.8 Å². The van der Waals surface area contributed by atoms with Crippen LogP contribution in [0, 0.1) is 5.92 Å². The van der Waals surface area contributed by atoms with Crippen molar-refractivity contribution in [1.82, 2.24) is 10.2 Å². The Balaban J connectivity index is 2.29. The molecule has 1 heterocycles. The highest BCUT2D eigenvalue weighted by atomic mass is 16.2. The molecule has 0 aromatic heterocycles. The van der Waals surface area contributed by atoms with Gasteiger partial charge < -0.3 is 10.2 Å². The Bertz CT molecular complexity index is 376. The van der Waals surface area contributed by atoms with E-state index in [1.54, 1.807) is 0 Å². The van der Waals surface area contributed by atoms with Gasteiger partial charge in [0, 0.05) is 6.04 Å². The van der Waals surface area contributed by atoms with Crippen molar-refractivity contribution in [2.24, 2.45) is 5.92 Å². The maximum atomic E-state index is 12.9. The Kier molecular flexibility index (Phi) is 3.88. The van der Waals surface area contributed by atoms with E-state index in [9.17, 15) is 9.59 Å². The van der Waals surface area contributed by atoms with Gasteiger partial charge in [-0.2, -0.15) is 0 Å². The molecule has 0 aromatic carbocycles. The molecule has 4 heteroatoms.